The van der Waals surface area contributed by atoms with E-state index in [-0.39, 0.29) is 13.2 Å². The van der Waals surface area contributed by atoms with Gasteiger partial charge in [-0.05, 0) is 18.2 Å². The van der Waals surface area contributed by atoms with Gasteiger partial charge in [-0.3, -0.25) is 9.59 Å². The number of carbonyl (C=O) groups excluding carboxylic acids is 1. The fourth-order valence-corrected chi connectivity index (χ4v) is 2.97. The number of hydrogen-bond donors (Lipinski definition) is 2. The summed E-state index contributed by atoms with van der Waals surface area (Å²) in [5, 5.41) is 13.7. The number of benzene rings is 1. The largest absolute Gasteiger partial charge is 0.480 e. The van der Waals surface area contributed by atoms with E-state index in [1.165, 1.54) is 18.4 Å². The number of rotatable bonds is 8. The lowest BCUT2D eigenvalue weighted by atomic mass is 10.2. The maximum atomic E-state index is 11.6. The number of ether oxygens (including phenoxy) is 2. The van der Waals surface area contributed by atoms with Crippen molar-refractivity contribution in [2.75, 3.05) is 20.4 Å². The molecule has 1 amide bonds. The summed E-state index contributed by atoms with van der Waals surface area (Å²) in [5.41, 5.74) is 1.28. The number of halogens is 1. The van der Waals surface area contributed by atoms with Gasteiger partial charge in [-0.2, -0.15) is 0 Å². The van der Waals surface area contributed by atoms with Gasteiger partial charge in [-0.15, -0.1) is 11.3 Å². The highest BCUT2D eigenvalue weighted by atomic mass is 35.5. The number of nitrogens with one attached hydrogen (secondary N) is 1. The van der Waals surface area contributed by atoms with Crippen molar-refractivity contribution in [1.29, 1.82) is 0 Å². The van der Waals surface area contributed by atoms with Crippen molar-refractivity contribution >= 4 is 34.8 Å². The number of thiazole rings is 1. The fraction of sp³-hybridized carbons (Fsp3) is 0.267. The third kappa shape index (κ3) is 5.19. The highest BCUT2D eigenvalue weighted by Gasteiger charge is 2.12. The van der Waals surface area contributed by atoms with Gasteiger partial charge >= 0.3 is 5.97 Å². The third-order valence-electron chi connectivity index (χ3n) is 2.84. The Kier molecular flexibility index (Phi) is 6.53. The topological polar surface area (TPSA) is 97.8 Å². The van der Waals surface area contributed by atoms with Crippen LogP contribution in [0, 0.1) is 0 Å². The predicted molar refractivity (Wildman–Crippen MR) is 89.4 cm³/mol. The molecule has 0 radical (unpaired) electrons. The van der Waals surface area contributed by atoms with Crippen LogP contribution in [0.15, 0.2) is 23.6 Å². The number of aromatic nitrogens is 1. The summed E-state index contributed by atoms with van der Waals surface area (Å²) in [6.07, 6.45) is 0.0103. The van der Waals surface area contributed by atoms with Crippen LogP contribution in [0.25, 0.3) is 10.6 Å². The summed E-state index contributed by atoms with van der Waals surface area (Å²) < 4.78 is 10.1. The van der Waals surface area contributed by atoms with Crippen molar-refractivity contribution < 1.29 is 24.2 Å². The minimum Gasteiger partial charge on any atom is -0.480 e. The van der Waals surface area contributed by atoms with Crippen LogP contribution in [0.1, 0.15) is 5.69 Å². The number of hydrogen-bond acceptors (Lipinski definition) is 6. The molecule has 7 nitrogen and oxygen atoms in total. The molecule has 1 aromatic carbocycles. The van der Waals surface area contributed by atoms with Crippen LogP contribution < -0.4 is 10.1 Å². The van der Waals surface area contributed by atoms with Gasteiger partial charge in [0.05, 0.1) is 17.1 Å². The lowest BCUT2D eigenvalue weighted by Crippen LogP contribution is -2.30. The highest BCUT2D eigenvalue weighted by molar-refractivity contribution is 7.13. The molecule has 2 aromatic rings. The molecule has 0 unspecified atom stereocenters. The lowest BCUT2D eigenvalue weighted by Gasteiger charge is -2.06. The van der Waals surface area contributed by atoms with Gasteiger partial charge in [0.15, 0.2) is 6.79 Å². The summed E-state index contributed by atoms with van der Waals surface area (Å²) in [6.45, 7) is -0.285. The number of amides is 1. The van der Waals surface area contributed by atoms with Gasteiger partial charge in [0.2, 0.25) is 5.91 Å². The maximum absolute atomic E-state index is 11.6. The number of carbonyl (C=O) groups is 2. The van der Waals surface area contributed by atoms with Gasteiger partial charge in [0, 0.05) is 18.1 Å². The monoisotopic (exact) mass is 370 g/mol. The van der Waals surface area contributed by atoms with E-state index in [4.69, 9.17) is 26.2 Å². The van der Waals surface area contributed by atoms with Crippen molar-refractivity contribution in [2.24, 2.45) is 0 Å². The normalized spacial score (nSPS) is 10.4. The van der Waals surface area contributed by atoms with Crippen LogP contribution in [0.4, 0.5) is 0 Å². The number of carboxylic acid groups (broad SMARTS) is 1. The van der Waals surface area contributed by atoms with Crippen molar-refractivity contribution in [3.63, 3.8) is 0 Å². The van der Waals surface area contributed by atoms with E-state index < -0.39 is 18.4 Å². The first-order valence-corrected chi connectivity index (χ1v) is 8.10. The molecule has 9 heteroatoms. The lowest BCUT2D eigenvalue weighted by molar-refractivity contribution is -0.137. The molecule has 1 aromatic heterocycles. The Hall–Kier alpha value is -2.16. The van der Waals surface area contributed by atoms with Crippen LogP contribution in [0.3, 0.4) is 0 Å². The van der Waals surface area contributed by atoms with Crippen molar-refractivity contribution in [1.82, 2.24) is 10.3 Å². The smallest absolute Gasteiger partial charge is 0.322 e. The predicted octanol–water partition coefficient (Wildman–Crippen LogP) is 2.19. The highest BCUT2D eigenvalue weighted by Crippen LogP contribution is 2.33. The Labute approximate surface area is 147 Å². The summed E-state index contributed by atoms with van der Waals surface area (Å²) >= 11 is 7.59. The number of nitrogens with zero attached hydrogens (tertiary/aromatic N) is 1. The quantitative estimate of drug-likeness (QED) is 0.691. The Morgan fingerprint density at radius 1 is 1.42 bits per heavy atom. The average molecular weight is 371 g/mol. The first-order chi connectivity index (χ1) is 11.5. The van der Waals surface area contributed by atoms with Gasteiger partial charge in [-0.25, -0.2) is 4.98 Å². The van der Waals surface area contributed by atoms with E-state index in [1.54, 1.807) is 23.6 Å². The van der Waals surface area contributed by atoms with Crippen LogP contribution in [-0.2, 0) is 20.7 Å². The molecule has 1 heterocycles. The Balaban J connectivity index is 2.04. The fourth-order valence-electron chi connectivity index (χ4n) is 1.80. The van der Waals surface area contributed by atoms with E-state index in [1.807, 2.05) is 0 Å². The minimum atomic E-state index is -1.09. The summed E-state index contributed by atoms with van der Waals surface area (Å²) in [7, 11) is 1.53. The Morgan fingerprint density at radius 3 is 2.88 bits per heavy atom. The molecular formula is C15H15ClN2O5S. The molecule has 0 fully saturated rings. The molecule has 0 saturated carbocycles. The minimum absolute atomic E-state index is 0.0103. The van der Waals surface area contributed by atoms with Gasteiger partial charge < -0.3 is 19.9 Å². The molecule has 0 aliphatic heterocycles. The number of aliphatic carboxylic acids is 1. The molecule has 0 aliphatic rings. The number of methoxy groups -OCH3 is 1. The zero-order chi connectivity index (χ0) is 17.5. The van der Waals surface area contributed by atoms with Gasteiger partial charge in [-0.1, -0.05) is 11.6 Å². The summed E-state index contributed by atoms with van der Waals surface area (Å²) in [4.78, 5) is 26.4. The van der Waals surface area contributed by atoms with Crippen molar-refractivity contribution in [3.05, 3.63) is 34.3 Å². The zero-order valence-electron chi connectivity index (χ0n) is 12.7. The second-order valence-corrected chi connectivity index (χ2v) is 5.95. The molecule has 0 atom stereocenters. The standard InChI is InChI=1S/C15H15ClN2O5S/c1-22-8-23-10-2-3-11(12(16)5-10)15-18-9(7-24-15)4-13(19)17-6-14(20)21/h2-3,5,7H,4,6,8H2,1H3,(H,17,19)(H,20,21). The van der Waals surface area contributed by atoms with E-state index >= 15 is 0 Å². The molecule has 0 bridgehead atoms. The SMILES string of the molecule is COCOc1ccc(-c2nc(CC(=O)NCC(=O)O)cs2)c(Cl)c1. The van der Waals surface area contributed by atoms with Crippen LogP contribution >= 0.6 is 22.9 Å². The van der Waals surface area contributed by atoms with Crippen LogP contribution in [0.5, 0.6) is 5.75 Å². The Bertz CT molecular complexity index is 734. The second kappa shape index (κ2) is 8.62. The van der Waals surface area contributed by atoms with Crippen LogP contribution in [-0.4, -0.2) is 42.4 Å². The summed E-state index contributed by atoms with van der Waals surface area (Å²) in [5.74, 6) is -0.913. The first-order valence-electron chi connectivity index (χ1n) is 6.84. The molecule has 0 aliphatic carbocycles. The van der Waals surface area contributed by atoms with E-state index in [2.05, 4.69) is 10.3 Å². The van der Waals surface area contributed by atoms with E-state index in [9.17, 15) is 9.59 Å². The molecule has 24 heavy (non-hydrogen) atoms. The molecule has 128 valence electrons. The van der Waals surface area contributed by atoms with Crippen molar-refractivity contribution in [2.45, 2.75) is 6.42 Å². The molecule has 2 rings (SSSR count). The van der Waals surface area contributed by atoms with E-state index in [0.717, 1.165) is 5.56 Å². The molecule has 2 N–H and O–H groups in total. The molecule has 0 saturated heterocycles. The molecule has 0 spiro atoms. The van der Waals surface area contributed by atoms with Gasteiger partial charge in [0.1, 0.15) is 17.3 Å². The third-order valence-corrected chi connectivity index (χ3v) is 4.08. The Morgan fingerprint density at radius 2 is 2.21 bits per heavy atom. The first kappa shape index (κ1) is 18.2. The van der Waals surface area contributed by atoms with Gasteiger partial charge in [0.25, 0.3) is 0 Å². The zero-order valence-corrected chi connectivity index (χ0v) is 14.3. The average Bonchev–Trinajstić information content (AvgIpc) is 2.99. The second-order valence-electron chi connectivity index (χ2n) is 4.68. The summed E-state index contributed by atoms with van der Waals surface area (Å²) in [6, 6.07) is 5.19. The van der Waals surface area contributed by atoms with Crippen LogP contribution in [0.2, 0.25) is 5.02 Å². The molecular weight excluding hydrogens is 356 g/mol. The maximum Gasteiger partial charge on any atom is 0.322 e. The van der Waals surface area contributed by atoms with Crippen molar-refractivity contribution in [3.8, 4) is 16.3 Å². The number of carboxylic acids is 1. The van der Waals surface area contributed by atoms with E-state index in [0.29, 0.717) is 21.5 Å².